The van der Waals surface area contributed by atoms with Gasteiger partial charge in [-0.2, -0.15) is 0 Å². The lowest BCUT2D eigenvalue weighted by Crippen LogP contribution is -2.50. The molecule has 2 amide bonds. The van der Waals surface area contributed by atoms with Crippen LogP contribution in [0, 0.1) is 0 Å². The van der Waals surface area contributed by atoms with Crippen molar-refractivity contribution in [3.8, 4) is 5.75 Å². The topological polar surface area (TPSA) is 58.6 Å². The molecule has 0 spiro atoms. The molecule has 2 aromatic carbocycles. The SMILES string of the molecule is CC(C)NC(=O)[C@H](C)N(Cc1ccc(Cl)cc1Cl)C(=O)COc1ccccc1C(C)C. The van der Waals surface area contributed by atoms with Crippen molar-refractivity contribution in [2.45, 2.75) is 59.2 Å². The van der Waals surface area contributed by atoms with Crippen LogP contribution < -0.4 is 10.1 Å². The molecule has 5 nitrogen and oxygen atoms in total. The van der Waals surface area contributed by atoms with Gasteiger partial charge in [0.15, 0.2) is 6.61 Å². The summed E-state index contributed by atoms with van der Waals surface area (Å²) in [7, 11) is 0. The standard InChI is InChI=1S/C24H30Cl2N2O3/c1-15(2)20-8-6-7-9-22(20)31-14-23(29)28(17(5)24(30)27-16(3)4)13-18-10-11-19(25)12-21(18)26/h6-12,15-17H,13-14H2,1-5H3,(H,27,30)/t17-/m0/s1. The van der Waals surface area contributed by atoms with E-state index in [1.807, 2.05) is 38.1 Å². The average molecular weight is 465 g/mol. The Hall–Kier alpha value is -2.24. The summed E-state index contributed by atoms with van der Waals surface area (Å²) in [5.41, 5.74) is 1.72. The molecule has 2 aromatic rings. The summed E-state index contributed by atoms with van der Waals surface area (Å²) < 4.78 is 5.86. The fourth-order valence-corrected chi connectivity index (χ4v) is 3.60. The number of para-hydroxylation sites is 1. The minimum absolute atomic E-state index is 0.0415. The first-order chi connectivity index (χ1) is 14.6. The molecule has 0 heterocycles. The number of carbonyl (C=O) groups excluding carboxylic acids is 2. The molecule has 7 heteroatoms. The Kier molecular flexibility index (Phi) is 9.20. The predicted octanol–water partition coefficient (Wildman–Crippen LogP) is 5.44. The molecule has 0 fully saturated rings. The summed E-state index contributed by atoms with van der Waals surface area (Å²) in [6.07, 6.45) is 0. The Morgan fingerprint density at radius 3 is 2.32 bits per heavy atom. The van der Waals surface area contributed by atoms with Crippen LogP contribution in [0.4, 0.5) is 0 Å². The number of nitrogens with zero attached hydrogens (tertiary/aromatic N) is 1. The molecule has 0 aromatic heterocycles. The van der Waals surface area contributed by atoms with Crippen molar-refractivity contribution in [2.24, 2.45) is 0 Å². The van der Waals surface area contributed by atoms with Crippen LogP contribution in [0.3, 0.4) is 0 Å². The molecule has 0 aliphatic carbocycles. The number of carbonyl (C=O) groups is 2. The van der Waals surface area contributed by atoms with E-state index in [1.54, 1.807) is 25.1 Å². The Labute approximate surface area is 194 Å². The van der Waals surface area contributed by atoms with E-state index in [4.69, 9.17) is 27.9 Å². The molecule has 168 valence electrons. The van der Waals surface area contributed by atoms with Crippen molar-refractivity contribution in [1.29, 1.82) is 0 Å². The van der Waals surface area contributed by atoms with E-state index < -0.39 is 6.04 Å². The van der Waals surface area contributed by atoms with Crippen LogP contribution >= 0.6 is 23.2 Å². The lowest BCUT2D eigenvalue weighted by molar-refractivity contribution is -0.142. The second-order valence-corrected chi connectivity index (χ2v) is 8.92. The van der Waals surface area contributed by atoms with Crippen LogP contribution in [0.15, 0.2) is 42.5 Å². The maximum absolute atomic E-state index is 13.2. The maximum atomic E-state index is 13.2. The van der Waals surface area contributed by atoms with Gasteiger partial charge in [0.25, 0.3) is 5.91 Å². The highest BCUT2D eigenvalue weighted by Crippen LogP contribution is 2.26. The van der Waals surface area contributed by atoms with E-state index in [0.717, 1.165) is 5.56 Å². The molecule has 31 heavy (non-hydrogen) atoms. The van der Waals surface area contributed by atoms with Crippen LogP contribution in [0.1, 0.15) is 51.7 Å². The van der Waals surface area contributed by atoms with E-state index in [2.05, 4.69) is 19.2 Å². The monoisotopic (exact) mass is 464 g/mol. The van der Waals surface area contributed by atoms with Gasteiger partial charge in [-0.25, -0.2) is 0 Å². The molecule has 0 saturated carbocycles. The number of hydrogen-bond acceptors (Lipinski definition) is 3. The van der Waals surface area contributed by atoms with Crippen molar-refractivity contribution in [2.75, 3.05) is 6.61 Å². The smallest absolute Gasteiger partial charge is 0.261 e. The van der Waals surface area contributed by atoms with Gasteiger partial charge in [-0.1, -0.05) is 61.3 Å². The second-order valence-electron chi connectivity index (χ2n) is 8.08. The van der Waals surface area contributed by atoms with Crippen molar-refractivity contribution < 1.29 is 14.3 Å². The van der Waals surface area contributed by atoms with Crippen LogP contribution in [-0.2, 0) is 16.1 Å². The molecule has 1 atom stereocenters. The lowest BCUT2D eigenvalue weighted by atomic mass is 10.0. The number of halogens is 2. The third-order valence-electron chi connectivity index (χ3n) is 4.85. The van der Waals surface area contributed by atoms with E-state index in [9.17, 15) is 9.59 Å². The Bertz CT molecular complexity index is 915. The van der Waals surface area contributed by atoms with Gasteiger partial charge >= 0.3 is 0 Å². The lowest BCUT2D eigenvalue weighted by Gasteiger charge is -2.29. The fourth-order valence-electron chi connectivity index (χ4n) is 3.13. The van der Waals surface area contributed by atoms with E-state index in [-0.39, 0.29) is 36.9 Å². The highest BCUT2D eigenvalue weighted by Gasteiger charge is 2.27. The van der Waals surface area contributed by atoms with Gasteiger partial charge in [0.1, 0.15) is 11.8 Å². The molecule has 0 bridgehead atoms. The van der Waals surface area contributed by atoms with Crippen molar-refractivity contribution in [1.82, 2.24) is 10.2 Å². The van der Waals surface area contributed by atoms with E-state index in [0.29, 0.717) is 21.4 Å². The first-order valence-corrected chi connectivity index (χ1v) is 11.1. The third kappa shape index (κ3) is 7.15. The summed E-state index contributed by atoms with van der Waals surface area (Å²) in [5, 5.41) is 3.80. The Balaban J connectivity index is 2.24. The average Bonchev–Trinajstić information content (AvgIpc) is 2.70. The number of hydrogen-bond donors (Lipinski definition) is 1. The number of amides is 2. The summed E-state index contributed by atoms with van der Waals surface area (Å²) >= 11 is 12.3. The molecule has 0 unspecified atom stereocenters. The van der Waals surface area contributed by atoms with Crippen LogP contribution in [0.2, 0.25) is 10.0 Å². The summed E-state index contributed by atoms with van der Waals surface area (Å²) in [6.45, 7) is 9.55. The number of rotatable bonds is 9. The number of ether oxygens (including phenoxy) is 1. The molecule has 0 radical (unpaired) electrons. The molecule has 0 aliphatic heterocycles. The summed E-state index contributed by atoms with van der Waals surface area (Å²) in [6, 6.07) is 12.0. The van der Waals surface area contributed by atoms with Crippen molar-refractivity contribution in [3.63, 3.8) is 0 Å². The number of benzene rings is 2. The second kappa shape index (κ2) is 11.4. The third-order valence-corrected chi connectivity index (χ3v) is 5.43. The highest BCUT2D eigenvalue weighted by molar-refractivity contribution is 6.35. The van der Waals surface area contributed by atoms with Crippen LogP contribution in [-0.4, -0.2) is 35.4 Å². The molecule has 0 aliphatic rings. The Morgan fingerprint density at radius 1 is 1.03 bits per heavy atom. The van der Waals surface area contributed by atoms with Crippen molar-refractivity contribution in [3.05, 3.63) is 63.6 Å². The van der Waals surface area contributed by atoms with Crippen LogP contribution in [0.5, 0.6) is 5.75 Å². The maximum Gasteiger partial charge on any atom is 0.261 e. The summed E-state index contributed by atoms with van der Waals surface area (Å²) in [4.78, 5) is 27.3. The van der Waals surface area contributed by atoms with Gasteiger partial charge in [-0.15, -0.1) is 0 Å². The minimum atomic E-state index is -0.703. The zero-order valence-electron chi connectivity index (χ0n) is 18.6. The van der Waals surface area contributed by atoms with Gasteiger partial charge in [0.05, 0.1) is 0 Å². The number of nitrogens with one attached hydrogen (secondary N) is 1. The molecule has 0 saturated heterocycles. The van der Waals surface area contributed by atoms with Gasteiger partial charge in [-0.3, -0.25) is 9.59 Å². The first kappa shape index (κ1) is 25.0. The highest BCUT2D eigenvalue weighted by atomic mass is 35.5. The quantitative estimate of drug-likeness (QED) is 0.537. The Morgan fingerprint density at radius 2 is 1.71 bits per heavy atom. The van der Waals surface area contributed by atoms with Crippen molar-refractivity contribution >= 4 is 35.0 Å². The van der Waals surface area contributed by atoms with Gasteiger partial charge in [0.2, 0.25) is 5.91 Å². The normalized spacial score (nSPS) is 12.0. The molecule has 1 N–H and O–H groups in total. The molecular weight excluding hydrogens is 435 g/mol. The fraction of sp³-hybridized carbons (Fsp3) is 0.417. The first-order valence-electron chi connectivity index (χ1n) is 10.4. The minimum Gasteiger partial charge on any atom is -0.483 e. The summed E-state index contributed by atoms with van der Waals surface area (Å²) in [5.74, 6) is 0.368. The van der Waals surface area contributed by atoms with Gasteiger partial charge in [-0.05, 0) is 56.0 Å². The zero-order chi connectivity index (χ0) is 23.1. The largest absolute Gasteiger partial charge is 0.483 e. The molecular formula is C24H30Cl2N2O3. The van der Waals surface area contributed by atoms with E-state index >= 15 is 0 Å². The molecule has 2 rings (SSSR count). The van der Waals surface area contributed by atoms with Crippen LogP contribution in [0.25, 0.3) is 0 Å². The van der Waals surface area contributed by atoms with Gasteiger partial charge < -0.3 is 15.0 Å². The van der Waals surface area contributed by atoms with Gasteiger partial charge in [0, 0.05) is 22.6 Å². The zero-order valence-corrected chi connectivity index (χ0v) is 20.1. The predicted molar refractivity (Wildman–Crippen MR) is 126 cm³/mol. The van der Waals surface area contributed by atoms with E-state index in [1.165, 1.54) is 4.90 Å².